The molecule has 1 saturated heterocycles. The lowest BCUT2D eigenvalue weighted by molar-refractivity contribution is 0.0636. The van der Waals surface area contributed by atoms with Crippen LogP contribution in [0.2, 0.25) is 5.15 Å². The molecule has 1 fully saturated rings. The van der Waals surface area contributed by atoms with E-state index in [1.807, 2.05) is 4.90 Å². The van der Waals surface area contributed by atoms with Crippen molar-refractivity contribution < 1.29 is 4.79 Å². The molecular weight excluding hydrogens is 238 g/mol. The molecule has 1 aromatic rings. The minimum Gasteiger partial charge on any atom is -0.397 e. The van der Waals surface area contributed by atoms with E-state index in [1.165, 1.54) is 12.6 Å². The Bertz CT molecular complexity index is 436. The molecule has 2 rings (SSSR count). The normalized spacial score (nSPS) is 20.4. The second-order valence-electron chi connectivity index (χ2n) is 4.44. The standard InChI is InChI=1S/C12H16ClN3O/c1-8-4-2-3-5-16(8)12(17)9-6-11(13)15-7-10(9)14/h6-8H,2-5,14H2,1H3. The summed E-state index contributed by atoms with van der Waals surface area (Å²) in [5.74, 6) is -0.0426. The van der Waals surface area contributed by atoms with E-state index in [4.69, 9.17) is 17.3 Å². The topological polar surface area (TPSA) is 59.2 Å². The van der Waals surface area contributed by atoms with Crippen LogP contribution in [0.1, 0.15) is 36.5 Å². The van der Waals surface area contributed by atoms with Crippen LogP contribution in [-0.2, 0) is 0 Å². The van der Waals surface area contributed by atoms with Crippen molar-refractivity contribution in [2.45, 2.75) is 32.2 Å². The molecule has 0 bridgehead atoms. The molecule has 0 aliphatic carbocycles. The van der Waals surface area contributed by atoms with Crippen molar-refractivity contribution in [3.63, 3.8) is 0 Å². The number of hydrogen-bond acceptors (Lipinski definition) is 3. The first-order valence-electron chi connectivity index (χ1n) is 5.81. The molecule has 0 spiro atoms. The van der Waals surface area contributed by atoms with Gasteiger partial charge >= 0.3 is 0 Å². The monoisotopic (exact) mass is 253 g/mol. The van der Waals surface area contributed by atoms with Crippen molar-refractivity contribution in [1.29, 1.82) is 0 Å². The maximum Gasteiger partial charge on any atom is 0.256 e. The van der Waals surface area contributed by atoms with Crippen LogP contribution in [0.5, 0.6) is 0 Å². The summed E-state index contributed by atoms with van der Waals surface area (Å²) in [6.45, 7) is 2.86. The summed E-state index contributed by atoms with van der Waals surface area (Å²) < 4.78 is 0. The van der Waals surface area contributed by atoms with Gasteiger partial charge in [0.1, 0.15) is 5.15 Å². The zero-order valence-corrected chi connectivity index (χ0v) is 10.6. The van der Waals surface area contributed by atoms with Gasteiger partial charge in [-0.2, -0.15) is 0 Å². The van der Waals surface area contributed by atoms with Gasteiger partial charge in [0.15, 0.2) is 0 Å². The van der Waals surface area contributed by atoms with Crippen molar-refractivity contribution in [2.24, 2.45) is 0 Å². The van der Waals surface area contributed by atoms with E-state index in [-0.39, 0.29) is 11.9 Å². The van der Waals surface area contributed by atoms with E-state index in [1.54, 1.807) is 6.07 Å². The summed E-state index contributed by atoms with van der Waals surface area (Å²) in [6.07, 6.45) is 4.71. The van der Waals surface area contributed by atoms with Gasteiger partial charge < -0.3 is 10.6 Å². The molecule has 1 aliphatic heterocycles. The molecule has 17 heavy (non-hydrogen) atoms. The molecule has 1 aromatic heterocycles. The van der Waals surface area contributed by atoms with E-state index in [9.17, 15) is 4.79 Å². The number of hydrogen-bond donors (Lipinski definition) is 1. The van der Waals surface area contributed by atoms with E-state index >= 15 is 0 Å². The van der Waals surface area contributed by atoms with Gasteiger partial charge in [-0.1, -0.05) is 11.6 Å². The number of anilines is 1. The average Bonchev–Trinajstić information content (AvgIpc) is 2.32. The number of halogens is 1. The van der Waals surface area contributed by atoms with E-state index in [0.717, 1.165) is 19.4 Å². The smallest absolute Gasteiger partial charge is 0.256 e. The van der Waals surface area contributed by atoms with Gasteiger partial charge in [-0.3, -0.25) is 4.79 Å². The predicted octanol–water partition coefficient (Wildman–Crippen LogP) is 2.33. The zero-order valence-electron chi connectivity index (χ0n) is 9.82. The first-order chi connectivity index (χ1) is 8.09. The van der Waals surface area contributed by atoms with E-state index < -0.39 is 0 Å². The lowest BCUT2D eigenvalue weighted by Gasteiger charge is -2.33. The molecule has 5 heteroatoms. The molecular formula is C12H16ClN3O. The van der Waals surface area contributed by atoms with Crippen LogP contribution in [-0.4, -0.2) is 28.4 Å². The molecule has 92 valence electrons. The average molecular weight is 254 g/mol. The van der Waals surface area contributed by atoms with Gasteiger partial charge in [0.2, 0.25) is 0 Å². The molecule has 1 unspecified atom stereocenters. The minimum absolute atomic E-state index is 0.0426. The molecule has 2 N–H and O–H groups in total. The number of piperidine rings is 1. The fourth-order valence-corrected chi connectivity index (χ4v) is 2.34. The van der Waals surface area contributed by atoms with Crippen LogP contribution < -0.4 is 5.73 Å². The van der Waals surface area contributed by atoms with Crippen LogP contribution >= 0.6 is 11.6 Å². The zero-order chi connectivity index (χ0) is 12.4. The first-order valence-corrected chi connectivity index (χ1v) is 6.19. The highest BCUT2D eigenvalue weighted by Crippen LogP contribution is 2.22. The lowest BCUT2D eigenvalue weighted by atomic mass is 10.0. The van der Waals surface area contributed by atoms with Crippen molar-refractivity contribution >= 4 is 23.2 Å². The Balaban J connectivity index is 2.26. The summed E-state index contributed by atoms with van der Waals surface area (Å²) in [6, 6.07) is 1.81. The van der Waals surface area contributed by atoms with Crippen molar-refractivity contribution in [1.82, 2.24) is 9.88 Å². The maximum absolute atomic E-state index is 12.3. The Labute approximate surface area is 106 Å². The Kier molecular flexibility index (Phi) is 3.52. The highest BCUT2D eigenvalue weighted by molar-refractivity contribution is 6.29. The van der Waals surface area contributed by atoms with Crippen molar-refractivity contribution in [3.8, 4) is 0 Å². The Morgan fingerprint density at radius 2 is 2.35 bits per heavy atom. The van der Waals surface area contributed by atoms with Crippen LogP contribution in [0.3, 0.4) is 0 Å². The molecule has 1 aliphatic rings. The van der Waals surface area contributed by atoms with E-state index in [2.05, 4.69) is 11.9 Å². The molecule has 2 heterocycles. The van der Waals surface area contributed by atoms with Crippen molar-refractivity contribution in [2.75, 3.05) is 12.3 Å². The fourth-order valence-electron chi connectivity index (χ4n) is 2.18. The SMILES string of the molecule is CC1CCCCN1C(=O)c1cc(Cl)ncc1N. The second-order valence-corrected chi connectivity index (χ2v) is 4.82. The summed E-state index contributed by atoms with van der Waals surface area (Å²) in [5, 5.41) is 0.298. The number of pyridine rings is 1. The summed E-state index contributed by atoms with van der Waals surface area (Å²) in [4.78, 5) is 18.1. The third-order valence-electron chi connectivity index (χ3n) is 3.20. The van der Waals surface area contributed by atoms with Crippen LogP contribution in [0.25, 0.3) is 0 Å². The predicted molar refractivity (Wildman–Crippen MR) is 68.0 cm³/mol. The van der Waals surface area contributed by atoms with Crippen LogP contribution in [0.15, 0.2) is 12.3 Å². The summed E-state index contributed by atoms with van der Waals surface area (Å²) in [7, 11) is 0. The molecule has 4 nitrogen and oxygen atoms in total. The summed E-state index contributed by atoms with van der Waals surface area (Å²) in [5.41, 5.74) is 6.62. The Morgan fingerprint density at radius 3 is 3.06 bits per heavy atom. The van der Waals surface area contributed by atoms with E-state index in [0.29, 0.717) is 16.4 Å². The number of nitrogens with zero attached hydrogens (tertiary/aromatic N) is 2. The molecule has 0 saturated carbocycles. The second kappa shape index (κ2) is 4.92. The maximum atomic E-state index is 12.3. The number of nitrogen functional groups attached to an aromatic ring is 1. The Hall–Kier alpha value is -1.29. The number of likely N-dealkylation sites (tertiary alicyclic amines) is 1. The lowest BCUT2D eigenvalue weighted by Crippen LogP contribution is -2.42. The number of carbonyl (C=O) groups excluding carboxylic acids is 1. The quantitative estimate of drug-likeness (QED) is 0.782. The third-order valence-corrected chi connectivity index (χ3v) is 3.40. The molecule has 1 atom stereocenters. The number of carbonyl (C=O) groups is 1. The highest BCUT2D eigenvalue weighted by atomic mass is 35.5. The Morgan fingerprint density at radius 1 is 1.59 bits per heavy atom. The molecule has 0 aromatic carbocycles. The van der Waals surface area contributed by atoms with Gasteiger partial charge in [0.05, 0.1) is 17.4 Å². The fraction of sp³-hybridized carbons (Fsp3) is 0.500. The molecule has 0 radical (unpaired) electrons. The minimum atomic E-state index is -0.0426. The first kappa shape index (κ1) is 12.2. The third kappa shape index (κ3) is 2.52. The highest BCUT2D eigenvalue weighted by Gasteiger charge is 2.25. The number of aromatic nitrogens is 1. The van der Waals surface area contributed by atoms with Crippen LogP contribution in [0, 0.1) is 0 Å². The largest absolute Gasteiger partial charge is 0.397 e. The van der Waals surface area contributed by atoms with Gasteiger partial charge in [-0.25, -0.2) is 4.98 Å². The van der Waals surface area contributed by atoms with Crippen LogP contribution in [0.4, 0.5) is 5.69 Å². The van der Waals surface area contributed by atoms with Gasteiger partial charge in [0.25, 0.3) is 5.91 Å². The molecule has 1 amide bonds. The summed E-state index contributed by atoms with van der Waals surface area (Å²) >= 11 is 5.80. The number of amides is 1. The van der Waals surface area contributed by atoms with Gasteiger partial charge in [-0.05, 0) is 32.3 Å². The number of rotatable bonds is 1. The van der Waals surface area contributed by atoms with Gasteiger partial charge in [-0.15, -0.1) is 0 Å². The van der Waals surface area contributed by atoms with Crippen molar-refractivity contribution in [3.05, 3.63) is 23.0 Å². The number of nitrogens with two attached hydrogens (primary N) is 1. The van der Waals surface area contributed by atoms with Gasteiger partial charge in [0, 0.05) is 12.6 Å².